The van der Waals surface area contributed by atoms with Crippen LogP contribution in [-0.4, -0.2) is 49.4 Å². The van der Waals surface area contributed by atoms with E-state index in [4.69, 9.17) is 5.41 Å². The highest BCUT2D eigenvalue weighted by Gasteiger charge is 2.33. The highest BCUT2D eigenvalue weighted by Crippen LogP contribution is 2.25. The summed E-state index contributed by atoms with van der Waals surface area (Å²) in [5.41, 5.74) is 0.123. The van der Waals surface area contributed by atoms with Crippen LogP contribution >= 0.6 is 0 Å². The van der Waals surface area contributed by atoms with Crippen molar-refractivity contribution in [2.45, 2.75) is 38.5 Å². The zero-order valence-electron chi connectivity index (χ0n) is 18.7. The van der Waals surface area contributed by atoms with Crippen molar-refractivity contribution in [2.75, 3.05) is 18.4 Å². The quantitative estimate of drug-likeness (QED) is 0.399. The number of likely N-dealkylation sites (tertiary alicyclic amines) is 1. The second-order valence-corrected chi connectivity index (χ2v) is 8.14. The van der Waals surface area contributed by atoms with Gasteiger partial charge in [0.05, 0.1) is 24.2 Å². The monoisotopic (exact) mass is 452 g/mol. The Morgan fingerprint density at radius 1 is 1.33 bits per heavy atom. The van der Waals surface area contributed by atoms with E-state index >= 15 is 0 Å². The zero-order valence-corrected chi connectivity index (χ0v) is 18.7. The lowest BCUT2D eigenvalue weighted by molar-refractivity contribution is -0.0368. The summed E-state index contributed by atoms with van der Waals surface area (Å²) in [7, 11) is 0. The summed E-state index contributed by atoms with van der Waals surface area (Å²) in [6.07, 6.45) is 8.88. The molecule has 174 valence electrons. The first-order chi connectivity index (χ1) is 15.8. The van der Waals surface area contributed by atoms with E-state index in [1.807, 2.05) is 18.2 Å². The molecule has 3 heterocycles. The molecule has 0 atom stereocenters. The van der Waals surface area contributed by atoms with Crippen molar-refractivity contribution in [3.63, 3.8) is 0 Å². The van der Waals surface area contributed by atoms with Crippen LogP contribution in [0.25, 0.3) is 0 Å². The predicted octanol–water partition coefficient (Wildman–Crippen LogP) is 3.02. The fraction of sp³-hybridized carbons (Fsp3) is 0.333. The van der Waals surface area contributed by atoms with E-state index in [-0.39, 0.29) is 17.9 Å². The summed E-state index contributed by atoms with van der Waals surface area (Å²) in [6.45, 7) is 7.22. The van der Waals surface area contributed by atoms with Crippen LogP contribution in [0.2, 0.25) is 0 Å². The summed E-state index contributed by atoms with van der Waals surface area (Å²) < 4.78 is 14.6. The molecule has 0 radical (unpaired) electrons. The van der Waals surface area contributed by atoms with Crippen molar-refractivity contribution >= 4 is 12.0 Å². The maximum absolute atomic E-state index is 13.2. The van der Waals surface area contributed by atoms with Gasteiger partial charge in [-0.2, -0.15) is 0 Å². The van der Waals surface area contributed by atoms with Crippen molar-refractivity contribution in [1.29, 1.82) is 5.41 Å². The Bertz CT molecular complexity index is 1100. The van der Waals surface area contributed by atoms with Crippen LogP contribution in [0, 0.1) is 5.41 Å². The number of halogens is 1. The number of rotatable bonds is 9. The molecule has 3 rings (SSSR count). The molecule has 2 aromatic heterocycles. The fourth-order valence-corrected chi connectivity index (χ4v) is 3.67. The molecule has 3 N–H and O–H groups in total. The maximum atomic E-state index is 13.2. The summed E-state index contributed by atoms with van der Waals surface area (Å²) >= 11 is 0. The second kappa shape index (κ2) is 10.9. The molecule has 9 heteroatoms. The van der Waals surface area contributed by atoms with Gasteiger partial charge < -0.3 is 15.8 Å². The third-order valence-corrected chi connectivity index (χ3v) is 5.58. The van der Waals surface area contributed by atoms with E-state index in [2.05, 4.69) is 26.8 Å². The Morgan fingerprint density at radius 3 is 2.73 bits per heavy atom. The normalized spacial score (nSPS) is 16.9. The maximum Gasteiger partial charge on any atom is 0.264 e. The highest BCUT2D eigenvalue weighted by atomic mass is 19.1. The molecular weight excluding hydrogens is 423 g/mol. The second-order valence-electron chi connectivity index (χ2n) is 8.14. The first kappa shape index (κ1) is 24.2. The van der Waals surface area contributed by atoms with E-state index in [0.717, 1.165) is 24.5 Å². The summed E-state index contributed by atoms with van der Waals surface area (Å²) in [6, 6.07) is 5.81. The van der Waals surface area contributed by atoms with E-state index in [1.165, 1.54) is 23.0 Å². The number of hydrogen-bond acceptors (Lipinski definition) is 7. The van der Waals surface area contributed by atoms with Crippen molar-refractivity contribution in [1.82, 2.24) is 19.4 Å². The number of nitrogens with one attached hydrogen (secondary N) is 2. The molecule has 1 aliphatic rings. The van der Waals surface area contributed by atoms with Gasteiger partial charge in [0.25, 0.3) is 5.56 Å². The molecule has 0 saturated carbocycles. The van der Waals surface area contributed by atoms with Gasteiger partial charge in [-0.05, 0) is 50.1 Å². The van der Waals surface area contributed by atoms with Crippen LogP contribution in [-0.2, 0) is 13.1 Å². The van der Waals surface area contributed by atoms with Gasteiger partial charge in [-0.15, -0.1) is 0 Å². The first-order valence-corrected chi connectivity index (χ1v) is 10.7. The molecule has 0 bridgehead atoms. The fourth-order valence-electron chi connectivity index (χ4n) is 3.67. The topological polar surface area (TPSA) is 107 Å². The molecule has 0 amide bonds. The molecule has 0 spiro atoms. The third kappa shape index (κ3) is 6.53. The Morgan fingerprint density at radius 2 is 2.09 bits per heavy atom. The minimum absolute atomic E-state index is 0.0645. The van der Waals surface area contributed by atoms with Crippen LogP contribution < -0.4 is 10.9 Å². The molecule has 0 unspecified atom stereocenters. The summed E-state index contributed by atoms with van der Waals surface area (Å²) in [5, 5.41) is 21.7. The highest BCUT2D eigenvalue weighted by molar-refractivity contribution is 5.83. The average Bonchev–Trinajstić information content (AvgIpc) is 2.82. The number of pyridine rings is 1. The van der Waals surface area contributed by atoms with Gasteiger partial charge in [-0.25, -0.2) is 9.37 Å². The molecule has 0 aliphatic carbocycles. The third-order valence-electron chi connectivity index (χ3n) is 5.58. The summed E-state index contributed by atoms with van der Waals surface area (Å²) in [4.78, 5) is 23.8. The van der Waals surface area contributed by atoms with Crippen molar-refractivity contribution < 1.29 is 9.50 Å². The Kier molecular flexibility index (Phi) is 8.02. The van der Waals surface area contributed by atoms with Crippen molar-refractivity contribution in [3.05, 3.63) is 88.7 Å². The van der Waals surface area contributed by atoms with E-state index < -0.39 is 17.0 Å². The van der Waals surface area contributed by atoms with Crippen LogP contribution in [0.15, 0.2) is 71.8 Å². The largest absolute Gasteiger partial charge is 0.388 e. The lowest BCUT2D eigenvalue weighted by atomic mass is 9.91. The molecule has 1 fully saturated rings. The zero-order chi connectivity index (χ0) is 23.8. The van der Waals surface area contributed by atoms with Gasteiger partial charge in [0.1, 0.15) is 17.2 Å². The molecule has 8 nitrogen and oxygen atoms in total. The van der Waals surface area contributed by atoms with Gasteiger partial charge in [-0.3, -0.25) is 19.2 Å². The van der Waals surface area contributed by atoms with Crippen molar-refractivity contribution in [3.8, 4) is 0 Å². The van der Waals surface area contributed by atoms with Gasteiger partial charge in [0, 0.05) is 37.7 Å². The van der Waals surface area contributed by atoms with Gasteiger partial charge in [0.2, 0.25) is 0 Å². The predicted molar refractivity (Wildman–Crippen MR) is 127 cm³/mol. The summed E-state index contributed by atoms with van der Waals surface area (Å²) in [5.74, 6) is -0.296. The molecule has 0 aromatic carbocycles. The van der Waals surface area contributed by atoms with Gasteiger partial charge in [-0.1, -0.05) is 12.6 Å². The lowest BCUT2D eigenvalue weighted by Crippen LogP contribution is -2.48. The van der Waals surface area contributed by atoms with Crippen LogP contribution in [0.3, 0.4) is 0 Å². The SMILES string of the molecule is C=C/C(F)=C\C=C(/C)Nc1ncn(CC2(O)CCN(Cc3ccccn3)CC2)c(=O)c1C=N. The van der Waals surface area contributed by atoms with E-state index in [9.17, 15) is 14.3 Å². The Labute approximate surface area is 192 Å². The van der Waals surface area contributed by atoms with Crippen molar-refractivity contribution in [2.24, 2.45) is 0 Å². The minimum atomic E-state index is -1.04. The minimum Gasteiger partial charge on any atom is -0.388 e. The first-order valence-electron chi connectivity index (χ1n) is 10.7. The van der Waals surface area contributed by atoms with Gasteiger partial charge >= 0.3 is 0 Å². The number of aliphatic hydroxyl groups is 1. The number of nitrogens with zero attached hydrogens (tertiary/aromatic N) is 4. The van der Waals surface area contributed by atoms with E-state index in [0.29, 0.717) is 31.6 Å². The molecule has 33 heavy (non-hydrogen) atoms. The van der Waals surface area contributed by atoms with Crippen LogP contribution in [0.5, 0.6) is 0 Å². The Balaban J connectivity index is 1.68. The number of anilines is 1. The van der Waals surface area contributed by atoms with E-state index in [1.54, 1.807) is 13.1 Å². The standard InChI is InChI=1S/C24H29FN6O2/c1-3-19(25)8-7-18(2)29-22-21(14-26)23(32)31(17-28-22)16-24(33)9-12-30(13-10-24)15-20-6-4-5-11-27-20/h3-8,11,14,17,26,29,33H,1,9-10,12-13,15-16H2,2H3/b18-7+,19-8+,26-14?. The number of allylic oxidation sites excluding steroid dienone is 5. The number of piperidine rings is 1. The molecule has 2 aromatic rings. The molecule has 1 saturated heterocycles. The Hall–Kier alpha value is -3.43. The smallest absolute Gasteiger partial charge is 0.264 e. The van der Waals surface area contributed by atoms with Crippen LogP contribution in [0.4, 0.5) is 10.2 Å². The number of aromatic nitrogens is 3. The lowest BCUT2D eigenvalue weighted by Gasteiger charge is -2.38. The van der Waals surface area contributed by atoms with Crippen LogP contribution in [0.1, 0.15) is 31.0 Å². The molecule has 1 aliphatic heterocycles. The molecular formula is C24H29FN6O2. The number of hydrogen-bond donors (Lipinski definition) is 3. The van der Waals surface area contributed by atoms with Gasteiger partial charge in [0.15, 0.2) is 0 Å². The average molecular weight is 453 g/mol.